The van der Waals surface area contributed by atoms with Crippen molar-refractivity contribution in [3.63, 3.8) is 0 Å². The molecule has 0 aromatic rings. The van der Waals surface area contributed by atoms with E-state index in [0.29, 0.717) is 19.4 Å². The number of carboxylic acids is 1. The highest BCUT2D eigenvalue weighted by molar-refractivity contribution is 5.91. The number of hydrogen-bond acceptors (Lipinski definition) is 5. The van der Waals surface area contributed by atoms with E-state index in [4.69, 9.17) is 20.3 Å². The molecular weight excluding hydrogens is 240 g/mol. The maximum absolute atomic E-state index is 12.3. The highest BCUT2D eigenvalue weighted by Gasteiger charge is 2.48. The van der Waals surface area contributed by atoms with Gasteiger partial charge in [0.25, 0.3) is 0 Å². The fourth-order valence-corrected chi connectivity index (χ4v) is 2.46. The molecule has 7 heteroatoms. The summed E-state index contributed by atoms with van der Waals surface area (Å²) in [5, 5.41) is 9.15. The number of carboxylic acid groups (broad SMARTS) is 1. The van der Waals surface area contributed by atoms with Crippen LogP contribution in [-0.4, -0.2) is 66.4 Å². The topological polar surface area (TPSA) is 102 Å². The number of hydrogen-bond donors (Lipinski definition) is 2. The molecule has 0 aromatic carbocycles. The number of amides is 1. The number of rotatable bonds is 3. The summed E-state index contributed by atoms with van der Waals surface area (Å²) in [5.74, 6) is -1.38. The molecule has 2 aliphatic heterocycles. The molecule has 2 fully saturated rings. The average molecular weight is 258 g/mol. The SMILES string of the molecule is COC1CC(C(=O)O)N(C(=O)C2(N)CCOC2)C1. The minimum absolute atomic E-state index is 0.145. The summed E-state index contributed by atoms with van der Waals surface area (Å²) < 4.78 is 10.3. The second kappa shape index (κ2) is 4.83. The number of aliphatic carboxylic acids is 1. The molecule has 0 radical (unpaired) electrons. The molecule has 102 valence electrons. The van der Waals surface area contributed by atoms with E-state index < -0.39 is 17.6 Å². The maximum Gasteiger partial charge on any atom is 0.326 e. The summed E-state index contributed by atoms with van der Waals surface area (Å²) in [6.45, 7) is 0.846. The van der Waals surface area contributed by atoms with E-state index in [1.165, 1.54) is 12.0 Å². The van der Waals surface area contributed by atoms with Gasteiger partial charge in [0.15, 0.2) is 0 Å². The van der Waals surface area contributed by atoms with E-state index in [1.54, 1.807) is 0 Å². The fourth-order valence-electron chi connectivity index (χ4n) is 2.46. The van der Waals surface area contributed by atoms with E-state index in [1.807, 2.05) is 0 Å². The van der Waals surface area contributed by atoms with E-state index >= 15 is 0 Å². The third kappa shape index (κ3) is 2.21. The van der Waals surface area contributed by atoms with Gasteiger partial charge >= 0.3 is 5.97 Å². The Morgan fingerprint density at radius 1 is 1.56 bits per heavy atom. The van der Waals surface area contributed by atoms with Crippen LogP contribution in [0.2, 0.25) is 0 Å². The van der Waals surface area contributed by atoms with Gasteiger partial charge < -0.3 is 25.2 Å². The molecule has 1 amide bonds. The molecule has 7 nitrogen and oxygen atoms in total. The van der Waals surface area contributed by atoms with Crippen molar-refractivity contribution in [1.82, 2.24) is 4.90 Å². The fraction of sp³-hybridized carbons (Fsp3) is 0.818. The van der Waals surface area contributed by atoms with Crippen molar-refractivity contribution < 1.29 is 24.2 Å². The molecule has 3 unspecified atom stereocenters. The first-order valence-corrected chi connectivity index (χ1v) is 5.91. The van der Waals surface area contributed by atoms with Gasteiger partial charge in [-0.2, -0.15) is 0 Å². The van der Waals surface area contributed by atoms with Crippen molar-refractivity contribution in [2.75, 3.05) is 26.9 Å². The highest BCUT2D eigenvalue weighted by Crippen LogP contribution is 2.26. The van der Waals surface area contributed by atoms with Crippen LogP contribution in [0.5, 0.6) is 0 Å². The number of nitrogens with zero attached hydrogens (tertiary/aromatic N) is 1. The van der Waals surface area contributed by atoms with E-state index in [0.717, 1.165) is 0 Å². The Morgan fingerprint density at radius 3 is 2.78 bits per heavy atom. The average Bonchev–Trinajstić information content (AvgIpc) is 2.94. The monoisotopic (exact) mass is 258 g/mol. The van der Waals surface area contributed by atoms with Gasteiger partial charge in [0.1, 0.15) is 11.6 Å². The predicted molar refractivity (Wildman–Crippen MR) is 60.9 cm³/mol. The van der Waals surface area contributed by atoms with Crippen molar-refractivity contribution in [1.29, 1.82) is 0 Å². The molecule has 18 heavy (non-hydrogen) atoms. The van der Waals surface area contributed by atoms with Crippen molar-refractivity contribution in [2.45, 2.75) is 30.5 Å². The summed E-state index contributed by atoms with van der Waals surface area (Å²) in [6, 6.07) is -0.858. The lowest BCUT2D eigenvalue weighted by Crippen LogP contribution is -2.58. The first-order valence-electron chi connectivity index (χ1n) is 5.91. The minimum Gasteiger partial charge on any atom is -0.480 e. The lowest BCUT2D eigenvalue weighted by Gasteiger charge is -2.29. The Kier molecular flexibility index (Phi) is 3.56. The first kappa shape index (κ1) is 13.3. The summed E-state index contributed by atoms with van der Waals surface area (Å²) in [6.07, 6.45) is 0.474. The van der Waals surface area contributed by atoms with Crippen LogP contribution < -0.4 is 5.73 Å². The Bertz CT molecular complexity index is 353. The zero-order valence-corrected chi connectivity index (χ0v) is 10.3. The third-order valence-electron chi connectivity index (χ3n) is 3.62. The van der Waals surface area contributed by atoms with Crippen LogP contribution in [0.4, 0.5) is 0 Å². The van der Waals surface area contributed by atoms with Gasteiger partial charge in [0.05, 0.1) is 12.7 Å². The molecule has 0 aromatic heterocycles. The third-order valence-corrected chi connectivity index (χ3v) is 3.62. The van der Waals surface area contributed by atoms with Crippen molar-refractivity contribution in [2.24, 2.45) is 5.73 Å². The van der Waals surface area contributed by atoms with Crippen LogP contribution in [0.3, 0.4) is 0 Å². The summed E-state index contributed by atoms with van der Waals surface area (Å²) in [5.41, 5.74) is 4.89. The number of carbonyl (C=O) groups excluding carboxylic acids is 1. The molecule has 0 bridgehead atoms. The molecular formula is C11H18N2O5. The Hall–Kier alpha value is -1.18. The van der Waals surface area contributed by atoms with Gasteiger partial charge in [-0.3, -0.25) is 4.79 Å². The van der Waals surface area contributed by atoms with Crippen LogP contribution in [0, 0.1) is 0 Å². The summed E-state index contributed by atoms with van der Waals surface area (Å²) in [4.78, 5) is 24.8. The van der Waals surface area contributed by atoms with E-state index in [9.17, 15) is 9.59 Å². The van der Waals surface area contributed by atoms with Crippen molar-refractivity contribution in [3.8, 4) is 0 Å². The number of methoxy groups -OCH3 is 1. The van der Waals surface area contributed by atoms with Crippen LogP contribution in [0.15, 0.2) is 0 Å². The number of likely N-dealkylation sites (tertiary alicyclic amines) is 1. The van der Waals surface area contributed by atoms with Crippen LogP contribution in [-0.2, 0) is 19.1 Å². The number of ether oxygens (including phenoxy) is 2. The largest absolute Gasteiger partial charge is 0.480 e. The van der Waals surface area contributed by atoms with E-state index in [2.05, 4.69) is 0 Å². The number of nitrogens with two attached hydrogens (primary N) is 1. The molecule has 2 aliphatic rings. The van der Waals surface area contributed by atoms with Crippen LogP contribution in [0.1, 0.15) is 12.8 Å². The van der Waals surface area contributed by atoms with Gasteiger partial charge in [-0.05, 0) is 6.42 Å². The van der Waals surface area contributed by atoms with Gasteiger partial charge in [0.2, 0.25) is 5.91 Å². The smallest absolute Gasteiger partial charge is 0.326 e. The highest BCUT2D eigenvalue weighted by atomic mass is 16.5. The Balaban J connectivity index is 2.15. The summed E-state index contributed by atoms with van der Waals surface area (Å²) >= 11 is 0. The zero-order valence-electron chi connectivity index (χ0n) is 10.3. The van der Waals surface area contributed by atoms with Gasteiger partial charge in [-0.15, -0.1) is 0 Å². The second-order valence-corrected chi connectivity index (χ2v) is 4.86. The molecule has 0 aliphatic carbocycles. The molecule has 0 spiro atoms. The molecule has 2 rings (SSSR count). The maximum atomic E-state index is 12.3. The van der Waals surface area contributed by atoms with Crippen molar-refractivity contribution >= 4 is 11.9 Å². The first-order chi connectivity index (χ1) is 8.48. The second-order valence-electron chi connectivity index (χ2n) is 4.86. The predicted octanol–water partition coefficient (Wildman–Crippen LogP) is -1.20. The molecule has 3 atom stereocenters. The Morgan fingerprint density at radius 2 is 2.28 bits per heavy atom. The zero-order chi connectivity index (χ0) is 13.3. The molecule has 2 saturated heterocycles. The lowest BCUT2D eigenvalue weighted by molar-refractivity contribution is -0.150. The lowest BCUT2D eigenvalue weighted by atomic mass is 9.98. The minimum atomic E-state index is -1.09. The van der Waals surface area contributed by atoms with Gasteiger partial charge in [0, 0.05) is 26.7 Å². The summed E-state index contributed by atoms with van der Waals surface area (Å²) in [7, 11) is 1.51. The molecule has 3 N–H and O–H groups in total. The van der Waals surface area contributed by atoms with Gasteiger partial charge in [-0.1, -0.05) is 0 Å². The van der Waals surface area contributed by atoms with Crippen LogP contribution >= 0.6 is 0 Å². The van der Waals surface area contributed by atoms with Crippen LogP contribution in [0.25, 0.3) is 0 Å². The normalized spacial score (nSPS) is 36.0. The van der Waals surface area contributed by atoms with Gasteiger partial charge in [-0.25, -0.2) is 4.79 Å². The molecule has 2 heterocycles. The standard InChI is InChI=1S/C11H18N2O5/c1-17-7-4-8(9(14)15)13(5-7)10(16)11(12)2-3-18-6-11/h7-8H,2-6,12H2,1H3,(H,14,15). The quantitative estimate of drug-likeness (QED) is 0.659. The van der Waals surface area contributed by atoms with Crippen molar-refractivity contribution in [3.05, 3.63) is 0 Å². The van der Waals surface area contributed by atoms with E-state index in [-0.39, 0.29) is 25.2 Å². The number of carbonyl (C=O) groups is 2. The Labute approximate surface area is 105 Å². The molecule has 0 saturated carbocycles.